The van der Waals surface area contributed by atoms with Gasteiger partial charge in [0.2, 0.25) is 0 Å². The van der Waals surface area contributed by atoms with Crippen molar-refractivity contribution in [2.45, 2.75) is 6.61 Å². The van der Waals surface area contributed by atoms with Crippen molar-refractivity contribution in [1.29, 1.82) is 0 Å². The zero-order chi connectivity index (χ0) is 5.98. The second-order valence-electron chi connectivity index (χ2n) is 1.22. The van der Waals surface area contributed by atoms with E-state index in [0.29, 0.717) is 0 Å². The first-order valence-electron chi connectivity index (χ1n) is 2.04. The molecule has 0 amide bonds. The Morgan fingerprint density at radius 1 is 1.88 bits per heavy atom. The number of aliphatic hydroxyl groups excluding tert-OH is 1. The van der Waals surface area contributed by atoms with Gasteiger partial charge in [-0.05, 0) is 15.9 Å². The fourth-order valence-electron chi connectivity index (χ4n) is 0.361. The summed E-state index contributed by atoms with van der Waals surface area (Å²) in [4.78, 5) is 3.86. The third-order valence-electron chi connectivity index (χ3n) is 0.661. The molecule has 1 aromatic rings. The van der Waals surface area contributed by atoms with Gasteiger partial charge in [-0.15, -0.1) is 11.3 Å². The van der Waals surface area contributed by atoms with Gasteiger partial charge in [-0.1, -0.05) is 0 Å². The smallest absolute Gasteiger partial charge is 0.119 e. The molecule has 0 unspecified atom stereocenters. The maximum Gasteiger partial charge on any atom is 0.119 e. The maximum atomic E-state index is 8.48. The van der Waals surface area contributed by atoms with Crippen molar-refractivity contribution < 1.29 is 5.11 Å². The minimum atomic E-state index is 0.0380. The zero-order valence-corrected chi connectivity index (χ0v) is 6.37. The van der Waals surface area contributed by atoms with Gasteiger partial charge in [0, 0.05) is 0 Å². The number of rotatable bonds is 1. The number of nitrogens with zero attached hydrogens (tertiary/aromatic N) is 1. The maximum absolute atomic E-state index is 8.48. The number of thiazole rings is 1. The summed E-state index contributed by atoms with van der Waals surface area (Å²) in [7, 11) is 0. The number of aliphatic hydroxyl groups is 1. The average molecular weight is 194 g/mol. The lowest BCUT2D eigenvalue weighted by Crippen LogP contribution is -1.75. The van der Waals surface area contributed by atoms with Crippen LogP contribution in [0.5, 0.6) is 0 Å². The van der Waals surface area contributed by atoms with Crippen LogP contribution in [0.3, 0.4) is 0 Å². The van der Waals surface area contributed by atoms with Crippen LogP contribution in [0, 0.1) is 0 Å². The van der Waals surface area contributed by atoms with E-state index in [-0.39, 0.29) is 6.61 Å². The average Bonchev–Trinajstić information content (AvgIpc) is 2.14. The van der Waals surface area contributed by atoms with E-state index in [1.807, 2.05) is 0 Å². The first kappa shape index (κ1) is 6.19. The lowest BCUT2D eigenvalue weighted by Gasteiger charge is -1.77. The summed E-state index contributed by atoms with van der Waals surface area (Å²) >= 11 is 4.66. The summed E-state index contributed by atoms with van der Waals surface area (Å²) in [5, 5.41) is 9.23. The lowest BCUT2D eigenvalue weighted by atomic mass is 10.8. The molecular formula is C4H4BrNOS. The normalized spacial score (nSPS) is 9.75. The molecule has 0 saturated carbocycles. The first-order chi connectivity index (χ1) is 3.83. The van der Waals surface area contributed by atoms with Crippen LogP contribution in [-0.4, -0.2) is 10.1 Å². The quantitative estimate of drug-likeness (QED) is 0.732. The molecule has 0 radical (unpaired) electrons. The van der Waals surface area contributed by atoms with Gasteiger partial charge in [0.05, 0.1) is 16.6 Å². The topological polar surface area (TPSA) is 33.1 Å². The second-order valence-corrected chi connectivity index (χ2v) is 3.71. The highest BCUT2D eigenvalue weighted by molar-refractivity contribution is 9.11. The molecule has 0 bridgehead atoms. The predicted octanol–water partition coefficient (Wildman–Crippen LogP) is 1.40. The van der Waals surface area contributed by atoms with Crippen LogP contribution in [-0.2, 0) is 6.61 Å². The van der Waals surface area contributed by atoms with Crippen LogP contribution in [0.2, 0.25) is 0 Å². The minimum absolute atomic E-state index is 0.0380. The summed E-state index contributed by atoms with van der Waals surface area (Å²) in [6.45, 7) is 0.0380. The summed E-state index contributed by atoms with van der Waals surface area (Å²) in [6.07, 6.45) is 1.68. The Bertz CT molecular complexity index is 176. The predicted molar refractivity (Wildman–Crippen MR) is 35.7 cm³/mol. The molecule has 0 spiro atoms. The fraction of sp³-hybridized carbons (Fsp3) is 0.250. The molecule has 0 aliphatic rings. The number of halogens is 1. The van der Waals surface area contributed by atoms with Gasteiger partial charge < -0.3 is 5.11 Å². The molecule has 44 valence electrons. The van der Waals surface area contributed by atoms with Crippen LogP contribution < -0.4 is 0 Å². The molecular weight excluding hydrogens is 190 g/mol. The van der Waals surface area contributed by atoms with E-state index in [0.717, 1.165) is 8.79 Å². The summed E-state index contributed by atoms with van der Waals surface area (Å²) in [5.41, 5.74) is 0. The van der Waals surface area contributed by atoms with E-state index in [2.05, 4.69) is 20.9 Å². The first-order valence-corrected chi connectivity index (χ1v) is 3.65. The molecule has 1 aromatic heterocycles. The Kier molecular flexibility index (Phi) is 1.99. The Morgan fingerprint density at radius 3 is 2.88 bits per heavy atom. The summed E-state index contributed by atoms with van der Waals surface area (Å²) < 4.78 is 0.960. The number of hydrogen-bond acceptors (Lipinski definition) is 3. The van der Waals surface area contributed by atoms with E-state index >= 15 is 0 Å². The molecule has 0 aliphatic heterocycles. The van der Waals surface area contributed by atoms with Crippen molar-refractivity contribution in [1.82, 2.24) is 4.98 Å². The van der Waals surface area contributed by atoms with Gasteiger partial charge >= 0.3 is 0 Å². The molecule has 0 aliphatic carbocycles. The molecule has 0 saturated heterocycles. The van der Waals surface area contributed by atoms with Crippen molar-refractivity contribution in [3.8, 4) is 0 Å². The lowest BCUT2D eigenvalue weighted by molar-refractivity contribution is 0.281. The van der Waals surface area contributed by atoms with E-state index in [1.165, 1.54) is 11.3 Å². The van der Waals surface area contributed by atoms with Crippen LogP contribution in [0.1, 0.15) is 5.01 Å². The molecule has 1 heterocycles. The van der Waals surface area contributed by atoms with Crippen LogP contribution >= 0.6 is 27.3 Å². The third kappa shape index (κ3) is 1.27. The largest absolute Gasteiger partial charge is 0.389 e. The third-order valence-corrected chi connectivity index (χ3v) is 2.12. The van der Waals surface area contributed by atoms with Crippen molar-refractivity contribution >= 4 is 27.3 Å². The molecule has 8 heavy (non-hydrogen) atoms. The SMILES string of the molecule is OCc1ncc(Br)s1. The van der Waals surface area contributed by atoms with Crippen LogP contribution in [0.15, 0.2) is 9.98 Å². The summed E-state index contributed by atoms with van der Waals surface area (Å²) in [5.74, 6) is 0. The van der Waals surface area contributed by atoms with Gasteiger partial charge in [0.15, 0.2) is 0 Å². The Hall–Kier alpha value is 0.0700. The summed E-state index contributed by atoms with van der Waals surface area (Å²) in [6, 6.07) is 0. The van der Waals surface area contributed by atoms with Gasteiger partial charge in [-0.25, -0.2) is 4.98 Å². The van der Waals surface area contributed by atoms with Gasteiger partial charge in [0.25, 0.3) is 0 Å². The standard InChI is InChI=1S/C4H4BrNOS/c5-3-1-6-4(2-7)8-3/h1,7H,2H2. The minimum Gasteiger partial charge on any atom is -0.389 e. The van der Waals surface area contributed by atoms with Gasteiger partial charge in [0.1, 0.15) is 5.01 Å². The highest BCUT2D eigenvalue weighted by atomic mass is 79.9. The highest BCUT2D eigenvalue weighted by Gasteiger charge is 1.93. The fourth-order valence-corrected chi connectivity index (χ4v) is 1.52. The van der Waals surface area contributed by atoms with Crippen LogP contribution in [0.4, 0.5) is 0 Å². The zero-order valence-electron chi connectivity index (χ0n) is 3.97. The van der Waals surface area contributed by atoms with Crippen molar-refractivity contribution in [2.75, 3.05) is 0 Å². The molecule has 1 N–H and O–H groups in total. The number of aromatic nitrogens is 1. The van der Waals surface area contributed by atoms with E-state index in [1.54, 1.807) is 6.20 Å². The molecule has 2 nitrogen and oxygen atoms in total. The molecule has 4 heteroatoms. The second kappa shape index (κ2) is 2.57. The van der Waals surface area contributed by atoms with E-state index < -0.39 is 0 Å². The van der Waals surface area contributed by atoms with E-state index in [4.69, 9.17) is 5.11 Å². The van der Waals surface area contributed by atoms with Gasteiger partial charge in [-0.2, -0.15) is 0 Å². The molecule has 1 rings (SSSR count). The van der Waals surface area contributed by atoms with Crippen LogP contribution in [0.25, 0.3) is 0 Å². The highest BCUT2D eigenvalue weighted by Crippen LogP contribution is 2.18. The van der Waals surface area contributed by atoms with E-state index in [9.17, 15) is 0 Å². The number of hydrogen-bond donors (Lipinski definition) is 1. The Morgan fingerprint density at radius 2 is 2.62 bits per heavy atom. The van der Waals surface area contributed by atoms with Gasteiger partial charge in [-0.3, -0.25) is 0 Å². The van der Waals surface area contributed by atoms with Crippen molar-refractivity contribution in [3.63, 3.8) is 0 Å². The molecule has 0 fully saturated rings. The molecule has 0 atom stereocenters. The van der Waals surface area contributed by atoms with Crippen molar-refractivity contribution in [2.24, 2.45) is 0 Å². The Labute approximate surface area is 59.3 Å². The molecule has 0 aromatic carbocycles. The monoisotopic (exact) mass is 193 g/mol. The Balaban J connectivity index is 2.84. The van der Waals surface area contributed by atoms with Crippen molar-refractivity contribution in [3.05, 3.63) is 15.0 Å².